The first kappa shape index (κ1) is 24.8. The molecule has 0 heterocycles. The highest BCUT2D eigenvalue weighted by Gasteiger charge is 2.28. The van der Waals surface area contributed by atoms with Gasteiger partial charge in [-0.15, -0.1) is 0 Å². The molecule has 0 aliphatic heterocycles. The highest BCUT2D eigenvalue weighted by molar-refractivity contribution is 7.89. The van der Waals surface area contributed by atoms with E-state index in [0.717, 1.165) is 4.31 Å². The summed E-state index contributed by atoms with van der Waals surface area (Å²) in [4.78, 5) is 12.4. The van der Waals surface area contributed by atoms with Gasteiger partial charge in [0.1, 0.15) is 5.82 Å². The fourth-order valence-corrected chi connectivity index (χ4v) is 4.90. The van der Waals surface area contributed by atoms with Crippen LogP contribution in [0.3, 0.4) is 0 Å². The van der Waals surface area contributed by atoms with E-state index >= 15 is 0 Å². The van der Waals surface area contributed by atoms with E-state index in [1.54, 1.807) is 6.07 Å². The van der Waals surface area contributed by atoms with E-state index in [-0.39, 0.29) is 21.0 Å². The van der Waals surface area contributed by atoms with Crippen molar-refractivity contribution in [3.63, 3.8) is 0 Å². The molecule has 3 rings (SSSR count). The number of carbonyl (C=O) groups is 1. The van der Waals surface area contributed by atoms with Gasteiger partial charge in [0.15, 0.2) is 0 Å². The number of nitrogens with two attached hydrogens (primary N) is 1. The molecule has 3 N–H and O–H groups in total. The van der Waals surface area contributed by atoms with Crippen molar-refractivity contribution in [3.05, 3.63) is 89.2 Å². The standard InChI is InChI=1S/C21H19ClFN3O5S2/c22-16-5-9-19(10-6-16)33(30,31)26(13-15-3-1-2-4-20(15)23)14-21(27)25-17-7-11-18(12-8-17)32(24,28)29/h1-12H,13-14H2,(H,25,27)(H2,24,28,29). The Balaban J connectivity index is 1.86. The molecule has 0 atom stereocenters. The summed E-state index contributed by atoms with van der Waals surface area (Å²) in [6.07, 6.45) is 0. The van der Waals surface area contributed by atoms with Gasteiger partial charge in [0.2, 0.25) is 26.0 Å². The quantitative estimate of drug-likeness (QED) is 0.480. The van der Waals surface area contributed by atoms with Crippen LogP contribution in [0.5, 0.6) is 0 Å². The van der Waals surface area contributed by atoms with Gasteiger partial charge >= 0.3 is 0 Å². The summed E-state index contributed by atoms with van der Waals surface area (Å²) in [5, 5.41) is 7.86. The smallest absolute Gasteiger partial charge is 0.243 e. The van der Waals surface area contributed by atoms with Crippen molar-refractivity contribution in [3.8, 4) is 0 Å². The fourth-order valence-electron chi connectivity index (χ4n) is 2.89. The summed E-state index contributed by atoms with van der Waals surface area (Å²) in [6.45, 7) is -1.02. The van der Waals surface area contributed by atoms with Gasteiger partial charge in [-0.2, -0.15) is 4.31 Å². The van der Waals surface area contributed by atoms with Gasteiger partial charge in [0.25, 0.3) is 0 Å². The second kappa shape index (κ2) is 9.98. The first-order valence-electron chi connectivity index (χ1n) is 9.38. The molecule has 3 aromatic carbocycles. The minimum absolute atomic E-state index is 0.0837. The second-order valence-electron chi connectivity index (χ2n) is 6.94. The van der Waals surface area contributed by atoms with Crippen LogP contribution >= 0.6 is 11.6 Å². The molecule has 0 aliphatic rings. The monoisotopic (exact) mass is 511 g/mol. The molecule has 12 heteroatoms. The Morgan fingerprint density at radius 3 is 2.06 bits per heavy atom. The molecule has 0 aliphatic carbocycles. The Bertz CT molecular complexity index is 1360. The average molecular weight is 512 g/mol. The number of sulfonamides is 2. The topological polar surface area (TPSA) is 127 Å². The number of hydrogen-bond acceptors (Lipinski definition) is 5. The molecule has 3 aromatic rings. The molecule has 0 aromatic heterocycles. The molecule has 174 valence electrons. The van der Waals surface area contributed by atoms with Gasteiger partial charge < -0.3 is 5.32 Å². The molecule has 0 saturated heterocycles. The van der Waals surface area contributed by atoms with Gasteiger partial charge in [-0.3, -0.25) is 4.79 Å². The lowest BCUT2D eigenvalue weighted by Gasteiger charge is -2.22. The average Bonchev–Trinajstić information content (AvgIpc) is 2.75. The molecule has 1 amide bonds. The summed E-state index contributed by atoms with van der Waals surface area (Å²) in [6, 6.07) is 16.0. The number of halogens is 2. The van der Waals surface area contributed by atoms with Crippen molar-refractivity contribution in [2.45, 2.75) is 16.3 Å². The largest absolute Gasteiger partial charge is 0.325 e. The minimum Gasteiger partial charge on any atom is -0.325 e. The predicted octanol–water partition coefficient (Wildman–Crippen LogP) is 2.96. The summed E-state index contributed by atoms with van der Waals surface area (Å²) >= 11 is 5.84. The van der Waals surface area contributed by atoms with Crippen LogP contribution in [0.1, 0.15) is 5.56 Å². The number of rotatable bonds is 8. The summed E-state index contributed by atoms with van der Waals surface area (Å²) in [5.41, 5.74) is 0.308. The number of anilines is 1. The lowest BCUT2D eigenvalue weighted by molar-refractivity contribution is -0.116. The highest BCUT2D eigenvalue weighted by atomic mass is 35.5. The van der Waals surface area contributed by atoms with Crippen molar-refractivity contribution < 1.29 is 26.0 Å². The number of carbonyl (C=O) groups excluding carboxylic acids is 1. The summed E-state index contributed by atoms with van der Waals surface area (Å²) in [7, 11) is -8.10. The van der Waals surface area contributed by atoms with Gasteiger partial charge in [-0.25, -0.2) is 26.4 Å². The maximum atomic E-state index is 14.2. The van der Waals surface area contributed by atoms with Crippen molar-refractivity contribution >= 4 is 43.2 Å². The third kappa shape index (κ3) is 6.36. The second-order valence-corrected chi connectivity index (χ2v) is 10.9. The lowest BCUT2D eigenvalue weighted by atomic mass is 10.2. The Morgan fingerprint density at radius 2 is 1.48 bits per heavy atom. The first-order valence-corrected chi connectivity index (χ1v) is 12.7. The molecule has 8 nitrogen and oxygen atoms in total. The first-order chi connectivity index (χ1) is 15.5. The third-order valence-electron chi connectivity index (χ3n) is 4.54. The number of amides is 1. The van der Waals surface area contributed by atoms with Crippen LogP contribution in [-0.4, -0.2) is 33.6 Å². The van der Waals surface area contributed by atoms with E-state index in [2.05, 4.69) is 5.32 Å². The highest BCUT2D eigenvalue weighted by Crippen LogP contribution is 2.22. The molecule has 0 unspecified atom stereocenters. The molecule has 0 radical (unpaired) electrons. The number of nitrogens with zero attached hydrogens (tertiary/aromatic N) is 1. The van der Waals surface area contributed by atoms with Gasteiger partial charge in [-0.05, 0) is 54.6 Å². The number of hydrogen-bond donors (Lipinski definition) is 2. The molecule has 0 bridgehead atoms. The van der Waals surface area contributed by atoms with E-state index < -0.39 is 44.9 Å². The zero-order chi connectivity index (χ0) is 24.2. The summed E-state index contributed by atoms with van der Waals surface area (Å²) in [5.74, 6) is -1.33. The third-order valence-corrected chi connectivity index (χ3v) is 7.53. The van der Waals surface area contributed by atoms with E-state index in [9.17, 15) is 26.0 Å². The van der Waals surface area contributed by atoms with Crippen LogP contribution in [0.2, 0.25) is 5.02 Å². The molecule has 33 heavy (non-hydrogen) atoms. The normalized spacial score (nSPS) is 12.0. The van der Waals surface area contributed by atoms with Crippen LogP contribution in [0.15, 0.2) is 82.6 Å². The summed E-state index contributed by atoms with van der Waals surface area (Å²) < 4.78 is 64.2. The predicted molar refractivity (Wildman–Crippen MR) is 122 cm³/mol. The molecule has 0 saturated carbocycles. The molecule has 0 fully saturated rings. The number of nitrogens with one attached hydrogen (secondary N) is 1. The Labute approximate surface area is 195 Å². The fraction of sp³-hybridized carbons (Fsp3) is 0.0952. The van der Waals surface area contributed by atoms with Crippen LogP contribution < -0.4 is 10.5 Å². The van der Waals surface area contributed by atoms with E-state index in [4.69, 9.17) is 16.7 Å². The van der Waals surface area contributed by atoms with Crippen LogP contribution in [0, 0.1) is 5.82 Å². The van der Waals surface area contributed by atoms with Crippen LogP contribution in [0.25, 0.3) is 0 Å². The number of benzene rings is 3. The maximum Gasteiger partial charge on any atom is 0.243 e. The maximum absolute atomic E-state index is 14.2. The Morgan fingerprint density at radius 1 is 0.909 bits per heavy atom. The van der Waals surface area contributed by atoms with Crippen molar-refractivity contribution in [1.29, 1.82) is 0 Å². The SMILES string of the molecule is NS(=O)(=O)c1ccc(NC(=O)CN(Cc2ccccc2F)S(=O)(=O)c2ccc(Cl)cc2)cc1. The van der Waals surface area contributed by atoms with Gasteiger partial charge in [0.05, 0.1) is 16.3 Å². The van der Waals surface area contributed by atoms with Gasteiger partial charge in [0, 0.05) is 22.8 Å². The van der Waals surface area contributed by atoms with Crippen molar-refractivity contribution in [1.82, 2.24) is 4.31 Å². The van der Waals surface area contributed by atoms with Crippen LogP contribution in [-0.2, 0) is 31.4 Å². The molecule has 0 spiro atoms. The lowest BCUT2D eigenvalue weighted by Crippen LogP contribution is -2.37. The minimum atomic E-state index is -4.19. The van der Waals surface area contributed by atoms with E-state index in [0.29, 0.717) is 5.02 Å². The Hall–Kier alpha value is -2.83. The number of primary sulfonamides is 1. The van der Waals surface area contributed by atoms with Gasteiger partial charge in [-0.1, -0.05) is 29.8 Å². The zero-order valence-corrected chi connectivity index (χ0v) is 19.4. The van der Waals surface area contributed by atoms with E-state index in [1.807, 2.05) is 0 Å². The Kier molecular flexibility index (Phi) is 7.50. The van der Waals surface area contributed by atoms with Crippen LogP contribution in [0.4, 0.5) is 10.1 Å². The molecular formula is C21H19ClFN3O5S2. The van der Waals surface area contributed by atoms with E-state index in [1.165, 1.54) is 66.7 Å². The van der Waals surface area contributed by atoms with Crippen molar-refractivity contribution in [2.75, 3.05) is 11.9 Å². The molecular weight excluding hydrogens is 493 g/mol. The van der Waals surface area contributed by atoms with Crippen molar-refractivity contribution in [2.24, 2.45) is 5.14 Å². The zero-order valence-electron chi connectivity index (χ0n) is 17.0.